The van der Waals surface area contributed by atoms with Gasteiger partial charge in [0, 0.05) is 45.6 Å². The fourth-order valence-electron chi connectivity index (χ4n) is 3.65. The molecule has 5 nitrogen and oxygen atoms in total. The number of nitrogens with zero attached hydrogens (tertiary/aromatic N) is 1. The summed E-state index contributed by atoms with van der Waals surface area (Å²) in [6, 6.07) is -0.173. The molecule has 27 heavy (non-hydrogen) atoms. The van der Waals surface area contributed by atoms with Crippen LogP contribution in [0.1, 0.15) is 51.9 Å². The zero-order valence-corrected chi connectivity index (χ0v) is 16.3. The largest absolute Gasteiger partial charge is 0.391 e. The minimum absolute atomic E-state index is 0.127. The van der Waals surface area contributed by atoms with Crippen molar-refractivity contribution in [3.8, 4) is 0 Å². The molecule has 0 aromatic carbocycles. The van der Waals surface area contributed by atoms with E-state index in [4.69, 9.17) is 9.47 Å². The maximum Gasteiger partial charge on any atom is 0.391 e. The van der Waals surface area contributed by atoms with Crippen molar-refractivity contribution in [1.29, 1.82) is 0 Å². The standard InChI is InChI=1S/C19H34F3N3O2/c1-2-23-18(25-17-6-3-5-16(13-17)19(20,21)22)24-9-4-10-27-14-15-7-11-26-12-8-15/h15-17H,2-14H2,1H3,(H2,23,24,25). The van der Waals surface area contributed by atoms with Gasteiger partial charge in [-0.2, -0.15) is 13.2 Å². The molecular weight excluding hydrogens is 359 g/mol. The predicted octanol–water partition coefficient (Wildman–Crippen LogP) is 3.50. The van der Waals surface area contributed by atoms with E-state index in [0.717, 1.165) is 45.5 Å². The van der Waals surface area contributed by atoms with Crippen LogP contribution in [0.3, 0.4) is 0 Å². The summed E-state index contributed by atoms with van der Waals surface area (Å²) in [6.07, 6.45) is 0.543. The lowest BCUT2D eigenvalue weighted by atomic mass is 9.85. The average Bonchev–Trinajstić information content (AvgIpc) is 2.65. The molecule has 1 saturated carbocycles. The highest BCUT2D eigenvalue weighted by atomic mass is 19.4. The van der Waals surface area contributed by atoms with Gasteiger partial charge in [0.1, 0.15) is 0 Å². The zero-order chi connectivity index (χ0) is 19.5. The molecule has 0 radical (unpaired) electrons. The Labute approximate surface area is 160 Å². The van der Waals surface area contributed by atoms with Gasteiger partial charge >= 0.3 is 6.18 Å². The second-order valence-corrected chi connectivity index (χ2v) is 7.49. The maximum atomic E-state index is 13.0. The van der Waals surface area contributed by atoms with E-state index in [1.807, 2.05) is 6.92 Å². The fourth-order valence-corrected chi connectivity index (χ4v) is 3.65. The third kappa shape index (κ3) is 8.68. The number of aliphatic imine (C=N–C) groups is 1. The van der Waals surface area contributed by atoms with Gasteiger partial charge < -0.3 is 20.1 Å². The summed E-state index contributed by atoms with van der Waals surface area (Å²) in [4.78, 5) is 4.49. The smallest absolute Gasteiger partial charge is 0.381 e. The molecule has 2 rings (SSSR count). The summed E-state index contributed by atoms with van der Waals surface area (Å²) < 4.78 is 49.9. The second kappa shape index (κ2) is 11.7. The Hall–Kier alpha value is -1.02. The van der Waals surface area contributed by atoms with E-state index < -0.39 is 12.1 Å². The van der Waals surface area contributed by atoms with Crippen LogP contribution in [0, 0.1) is 11.8 Å². The van der Waals surface area contributed by atoms with Gasteiger partial charge in [-0.3, -0.25) is 4.99 Å². The van der Waals surface area contributed by atoms with Gasteiger partial charge in [-0.1, -0.05) is 6.42 Å². The van der Waals surface area contributed by atoms with Gasteiger partial charge in [0.2, 0.25) is 0 Å². The predicted molar refractivity (Wildman–Crippen MR) is 99.9 cm³/mol. The lowest BCUT2D eigenvalue weighted by molar-refractivity contribution is -0.183. The molecule has 1 aliphatic heterocycles. The first-order valence-electron chi connectivity index (χ1n) is 10.3. The molecule has 2 atom stereocenters. The first-order chi connectivity index (χ1) is 13.0. The monoisotopic (exact) mass is 393 g/mol. The van der Waals surface area contributed by atoms with Crippen molar-refractivity contribution in [3.05, 3.63) is 0 Å². The molecule has 0 amide bonds. The molecule has 0 spiro atoms. The summed E-state index contributed by atoms with van der Waals surface area (Å²) in [5, 5.41) is 6.31. The first kappa shape index (κ1) is 22.3. The third-order valence-corrected chi connectivity index (χ3v) is 5.23. The van der Waals surface area contributed by atoms with Crippen molar-refractivity contribution in [2.24, 2.45) is 16.8 Å². The lowest BCUT2D eigenvalue weighted by Crippen LogP contribution is -2.46. The summed E-state index contributed by atoms with van der Waals surface area (Å²) in [7, 11) is 0. The number of guanidine groups is 1. The van der Waals surface area contributed by atoms with Crippen molar-refractivity contribution in [2.45, 2.75) is 64.1 Å². The van der Waals surface area contributed by atoms with Gasteiger partial charge in [-0.05, 0) is 51.4 Å². The lowest BCUT2D eigenvalue weighted by Gasteiger charge is -2.31. The van der Waals surface area contributed by atoms with Crippen LogP contribution in [-0.4, -0.2) is 57.7 Å². The molecule has 1 aliphatic carbocycles. The van der Waals surface area contributed by atoms with Crippen molar-refractivity contribution in [2.75, 3.05) is 39.5 Å². The molecule has 0 bridgehead atoms. The van der Waals surface area contributed by atoms with Crippen LogP contribution in [0.15, 0.2) is 4.99 Å². The van der Waals surface area contributed by atoms with Gasteiger partial charge in [0.05, 0.1) is 5.92 Å². The Balaban J connectivity index is 1.67. The number of nitrogens with one attached hydrogen (secondary N) is 2. The number of hydrogen-bond donors (Lipinski definition) is 2. The van der Waals surface area contributed by atoms with Crippen molar-refractivity contribution in [1.82, 2.24) is 10.6 Å². The van der Waals surface area contributed by atoms with Crippen LogP contribution in [0.2, 0.25) is 0 Å². The molecule has 0 aromatic rings. The van der Waals surface area contributed by atoms with E-state index in [2.05, 4.69) is 15.6 Å². The summed E-state index contributed by atoms with van der Waals surface area (Å²) in [6.45, 7) is 6.30. The highest BCUT2D eigenvalue weighted by Crippen LogP contribution is 2.37. The fraction of sp³-hybridized carbons (Fsp3) is 0.947. The quantitative estimate of drug-likeness (QED) is 0.377. The van der Waals surface area contributed by atoms with Crippen LogP contribution in [0.5, 0.6) is 0 Å². The van der Waals surface area contributed by atoms with Crippen LogP contribution in [-0.2, 0) is 9.47 Å². The van der Waals surface area contributed by atoms with E-state index in [1.54, 1.807) is 0 Å². The number of rotatable bonds is 8. The Morgan fingerprint density at radius 2 is 1.96 bits per heavy atom. The van der Waals surface area contributed by atoms with Gasteiger partial charge in [0.25, 0.3) is 0 Å². The molecular formula is C19H34F3N3O2. The minimum atomic E-state index is -4.10. The van der Waals surface area contributed by atoms with E-state index in [0.29, 0.717) is 38.0 Å². The summed E-state index contributed by atoms with van der Waals surface area (Å²) in [5.74, 6) is -0.00548. The molecule has 2 N–H and O–H groups in total. The molecule has 2 unspecified atom stereocenters. The van der Waals surface area contributed by atoms with E-state index in [-0.39, 0.29) is 18.9 Å². The Kier molecular flexibility index (Phi) is 9.68. The topological polar surface area (TPSA) is 54.9 Å². The minimum Gasteiger partial charge on any atom is -0.381 e. The number of ether oxygens (including phenoxy) is 2. The molecule has 0 aromatic heterocycles. The van der Waals surface area contributed by atoms with E-state index >= 15 is 0 Å². The van der Waals surface area contributed by atoms with Crippen molar-refractivity contribution < 1.29 is 22.6 Å². The summed E-state index contributed by atoms with van der Waals surface area (Å²) >= 11 is 0. The van der Waals surface area contributed by atoms with Crippen molar-refractivity contribution >= 4 is 5.96 Å². The van der Waals surface area contributed by atoms with E-state index in [1.165, 1.54) is 0 Å². The van der Waals surface area contributed by atoms with Crippen LogP contribution in [0.25, 0.3) is 0 Å². The van der Waals surface area contributed by atoms with Crippen LogP contribution in [0.4, 0.5) is 13.2 Å². The van der Waals surface area contributed by atoms with Gasteiger partial charge in [-0.25, -0.2) is 0 Å². The molecule has 2 aliphatic rings. The number of halogens is 3. The highest BCUT2D eigenvalue weighted by Gasteiger charge is 2.42. The SMILES string of the molecule is CCNC(=NCCCOCC1CCOCC1)NC1CCCC(C(F)(F)F)C1. The maximum absolute atomic E-state index is 13.0. The zero-order valence-electron chi connectivity index (χ0n) is 16.3. The second-order valence-electron chi connectivity index (χ2n) is 7.49. The van der Waals surface area contributed by atoms with Crippen LogP contribution >= 0.6 is 0 Å². The summed E-state index contributed by atoms with van der Waals surface area (Å²) in [5.41, 5.74) is 0. The molecule has 158 valence electrons. The molecule has 2 fully saturated rings. The number of hydrogen-bond acceptors (Lipinski definition) is 3. The Bertz CT molecular complexity index is 440. The van der Waals surface area contributed by atoms with Crippen LogP contribution < -0.4 is 10.6 Å². The van der Waals surface area contributed by atoms with Crippen molar-refractivity contribution in [3.63, 3.8) is 0 Å². The highest BCUT2D eigenvalue weighted by molar-refractivity contribution is 5.80. The molecule has 1 heterocycles. The average molecular weight is 393 g/mol. The Morgan fingerprint density at radius 1 is 1.19 bits per heavy atom. The molecule has 8 heteroatoms. The Morgan fingerprint density at radius 3 is 2.67 bits per heavy atom. The number of alkyl halides is 3. The third-order valence-electron chi connectivity index (χ3n) is 5.23. The normalized spacial score (nSPS) is 25.4. The van der Waals surface area contributed by atoms with Gasteiger partial charge in [-0.15, -0.1) is 0 Å². The van der Waals surface area contributed by atoms with Gasteiger partial charge in [0.15, 0.2) is 5.96 Å². The molecule has 1 saturated heterocycles. The first-order valence-corrected chi connectivity index (χ1v) is 10.3. The van der Waals surface area contributed by atoms with E-state index in [9.17, 15) is 13.2 Å².